The second-order valence-corrected chi connectivity index (χ2v) is 3.53. The minimum absolute atomic E-state index is 0.373. The molecule has 0 unspecified atom stereocenters. The fourth-order valence-corrected chi connectivity index (χ4v) is 1.65. The summed E-state index contributed by atoms with van der Waals surface area (Å²) in [4.78, 5) is 0. The van der Waals surface area contributed by atoms with Crippen LogP contribution in [0.3, 0.4) is 0 Å². The van der Waals surface area contributed by atoms with E-state index in [1.54, 1.807) is 4.68 Å². The van der Waals surface area contributed by atoms with Crippen LogP contribution in [0.5, 0.6) is 5.88 Å². The molecule has 1 rings (SSSR count). The van der Waals surface area contributed by atoms with Gasteiger partial charge < -0.3 is 5.11 Å². The lowest BCUT2D eigenvalue weighted by molar-refractivity contribution is 0.389. The van der Waals surface area contributed by atoms with E-state index in [2.05, 4.69) is 25.9 Å². The maximum Gasteiger partial charge on any atom is 0.212 e. The zero-order chi connectivity index (χ0) is 10.6. The summed E-state index contributed by atoms with van der Waals surface area (Å²) in [6, 6.07) is 0. The highest BCUT2D eigenvalue weighted by atomic mass is 16.3. The molecule has 0 aliphatic heterocycles. The van der Waals surface area contributed by atoms with Crippen molar-refractivity contribution in [2.75, 3.05) is 0 Å². The maximum absolute atomic E-state index is 9.87. The molecule has 0 aromatic carbocycles. The van der Waals surface area contributed by atoms with E-state index in [9.17, 15) is 5.11 Å². The number of rotatable bonds is 5. The van der Waals surface area contributed by atoms with E-state index in [0.29, 0.717) is 5.88 Å². The van der Waals surface area contributed by atoms with Crippen LogP contribution in [0.15, 0.2) is 0 Å². The van der Waals surface area contributed by atoms with Crippen molar-refractivity contribution in [3.8, 4) is 5.88 Å². The minimum atomic E-state index is 0.373. The second kappa shape index (κ2) is 5.03. The van der Waals surface area contributed by atoms with Crippen LogP contribution < -0.4 is 0 Å². The van der Waals surface area contributed by atoms with Crippen LogP contribution in [0.2, 0.25) is 0 Å². The minimum Gasteiger partial charge on any atom is -0.493 e. The van der Waals surface area contributed by atoms with Crippen molar-refractivity contribution >= 4 is 0 Å². The Bertz CT molecular complexity index is 292. The first-order valence-electron chi connectivity index (χ1n) is 5.52. The molecule has 80 valence electrons. The molecule has 0 bridgehead atoms. The lowest BCUT2D eigenvalue weighted by Gasteiger charge is -2.01. The molecule has 1 aromatic heterocycles. The first-order valence-corrected chi connectivity index (χ1v) is 5.52. The molecule has 1 aromatic rings. The molecule has 0 amide bonds. The van der Waals surface area contributed by atoms with Gasteiger partial charge in [0.15, 0.2) is 0 Å². The largest absolute Gasteiger partial charge is 0.493 e. The van der Waals surface area contributed by atoms with Gasteiger partial charge in [0.2, 0.25) is 5.88 Å². The summed E-state index contributed by atoms with van der Waals surface area (Å²) >= 11 is 0. The third kappa shape index (κ3) is 2.08. The Balaban J connectivity index is 2.89. The van der Waals surface area contributed by atoms with Crippen LogP contribution in [0.25, 0.3) is 0 Å². The molecule has 0 atom stereocenters. The van der Waals surface area contributed by atoms with Gasteiger partial charge in [-0.05, 0) is 19.3 Å². The smallest absolute Gasteiger partial charge is 0.212 e. The van der Waals surface area contributed by atoms with E-state index < -0.39 is 0 Å². The van der Waals surface area contributed by atoms with Crippen molar-refractivity contribution in [3.63, 3.8) is 0 Å². The van der Waals surface area contributed by atoms with Crippen LogP contribution in [0.1, 0.15) is 44.9 Å². The van der Waals surface area contributed by atoms with Gasteiger partial charge in [-0.2, -0.15) is 5.10 Å². The summed E-state index contributed by atoms with van der Waals surface area (Å²) in [5, 5.41) is 14.3. The van der Waals surface area contributed by atoms with Gasteiger partial charge in [-0.1, -0.05) is 27.2 Å². The van der Waals surface area contributed by atoms with Gasteiger partial charge >= 0.3 is 0 Å². The van der Waals surface area contributed by atoms with Crippen molar-refractivity contribution in [1.82, 2.24) is 9.78 Å². The molecule has 3 heteroatoms. The lowest BCUT2D eigenvalue weighted by Crippen LogP contribution is -1.99. The zero-order valence-corrected chi connectivity index (χ0v) is 9.38. The van der Waals surface area contributed by atoms with E-state index in [-0.39, 0.29) is 0 Å². The Labute approximate surface area is 85.8 Å². The summed E-state index contributed by atoms with van der Waals surface area (Å²) in [5.74, 6) is 0.373. The number of unbranched alkanes of at least 4 members (excludes halogenated alkanes) is 1. The highest BCUT2D eigenvalue weighted by Crippen LogP contribution is 2.22. The van der Waals surface area contributed by atoms with Gasteiger partial charge in [-0.15, -0.1) is 0 Å². The summed E-state index contributed by atoms with van der Waals surface area (Å²) in [6.07, 6.45) is 3.96. The van der Waals surface area contributed by atoms with E-state index in [0.717, 1.165) is 43.5 Å². The number of aromatic hydroxyl groups is 1. The number of aryl methyl sites for hydroxylation is 2. The molecule has 0 saturated heterocycles. The lowest BCUT2D eigenvalue weighted by atomic mass is 10.1. The van der Waals surface area contributed by atoms with Crippen LogP contribution >= 0.6 is 0 Å². The van der Waals surface area contributed by atoms with Crippen LogP contribution in [0, 0.1) is 0 Å². The molecule has 1 N–H and O–H groups in total. The van der Waals surface area contributed by atoms with Crippen LogP contribution in [-0.2, 0) is 19.4 Å². The van der Waals surface area contributed by atoms with Gasteiger partial charge in [0.25, 0.3) is 0 Å². The molecule has 0 fully saturated rings. The van der Waals surface area contributed by atoms with Gasteiger partial charge in [0.1, 0.15) is 0 Å². The van der Waals surface area contributed by atoms with Gasteiger partial charge in [0.05, 0.1) is 5.69 Å². The van der Waals surface area contributed by atoms with Crippen molar-refractivity contribution in [1.29, 1.82) is 0 Å². The molecule has 0 aliphatic rings. The first-order chi connectivity index (χ1) is 6.74. The summed E-state index contributed by atoms with van der Waals surface area (Å²) < 4.78 is 1.74. The van der Waals surface area contributed by atoms with Crippen LogP contribution in [-0.4, -0.2) is 14.9 Å². The SMILES string of the molecule is CCCCn1nc(CC)c(CC)c1O. The van der Waals surface area contributed by atoms with Crippen LogP contribution in [0.4, 0.5) is 0 Å². The Morgan fingerprint density at radius 1 is 1.21 bits per heavy atom. The van der Waals surface area contributed by atoms with E-state index in [4.69, 9.17) is 0 Å². The topological polar surface area (TPSA) is 38.0 Å². The third-order valence-electron chi connectivity index (χ3n) is 2.52. The quantitative estimate of drug-likeness (QED) is 0.785. The molecule has 0 radical (unpaired) electrons. The van der Waals surface area contributed by atoms with E-state index in [1.807, 2.05) is 0 Å². The third-order valence-corrected chi connectivity index (χ3v) is 2.52. The Kier molecular flexibility index (Phi) is 3.98. The number of nitrogens with zero attached hydrogens (tertiary/aromatic N) is 2. The average molecular weight is 196 g/mol. The zero-order valence-electron chi connectivity index (χ0n) is 9.38. The Morgan fingerprint density at radius 2 is 1.93 bits per heavy atom. The molecule has 0 spiro atoms. The Morgan fingerprint density at radius 3 is 2.36 bits per heavy atom. The standard InChI is InChI=1S/C11H20N2O/c1-4-7-8-13-11(14)9(5-2)10(6-3)12-13/h14H,4-8H2,1-3H3. The number of hydrogen-bond acceptors (Lipinski definition) is 2. The fourth-order valence-electron chi connectivity index (χ4n) is 1.65. The van der Waals surface area contributed by atoms with Crippen molar-refractivity contribution in [2.45, 2.75) is 53.0 Å². The molecule has 3 nitrogen and oxygen atoms in total. The number of hydrogen-bond donors (Lipinski definition) is 1. The van der Waals surface area contributed by atoms with Crippen molar-refractivity contribution in [2.24, 2.45) is 0 Å². The van der Waals surface area contributed by atoms with Gasteiger partial charge in [0, 0.05) is 12.1 Å². The van der Waals surface area contributed by atoms with E-state index >= 15 is 0 Å². The normalized spacial score (nSPS) is 10.8. The highest BCUT2D eigenvalue weighted by molar-refractivity contribution is 5.30. The number of aromatic nitrogens is 2. The molecule has 14 heavy (non-hydrogen) atoms. The summed E-state index contributed by atoms with van der Waals surface area (Å²) in [5.41, 5.74) is 2.06. The maximum atomic E-state index is 9.87. The molecule has 1 heterocycles. The molecule has 0 aliphatic carbocycles. The first kappa shape index (κ1) is 11.1. The van der Waals surface area contributed by atoms with E-state index in [1.165, 1.54) is 0 Å². The summed E-state index contributed by atoms with van der Waals surface area (Å²) in [7, 11) is 0. The summed E-state index contributed by atoms with van der Waals surface area (Å²) in [6.45, 7) is 7.10. The van der Waals surface area contributed by atoms with Crippen molar-refractivity contribution in [3.05, 3.63) is 11.3 Å². The second-order valence-electron chi connectivity index (χ2n) is 3.53. The monoisotopic (exact) mass is 196 g/mol. The Hall–Kier alpha value is -0.990. The van der Waals surface area contributed by atoms with Gasteiger partial charge in [-0.25, -0.2) is 4.68 Å². The predicted octanol–water partition coefficient (Wildman–Crippen LogP) is 2.51. The predicted molar refractivity (Wildman–Crippen MR) is 57.6 cm³/mol. The highest BCUT2D eigenvalue weighted by Gasteiger charge is 2.13. The molecular weight excluding hydrogens is 176 g/mol. The fraction of sp³-hybridized carbons (Fsp3) is 0.727. The molecular formula is C11H20N2O. The van der Waals surface area contributed by atoms with Gasteiger partial charge in [-0.3, -0.25) is 0 Å². The van der Waals surface area contributed by atoms with Crippen molar-refractivity contribution < 1.29 is 5.11 Å². The average Bonchev–Trinajstić information content (AvgIpc) is 2.51. The molecule has 0 saturated carbocycles.